The molecule has 88 valence electrons. The van der Waals surface area contributed by atoms with E-state index in [0.29, 0.717) is 0 Å². The third kappa shape index (κ3) is 3.29. The van der Waals surface area contributed by atoms with E-state index in [2.05, 4.69) is 15.9 Å². The van der Waals surface area contributed by atoms with Gasteiger partial charge in [0.25, 0.3) is 0 Å². The summed E-state index contributed by atoms with van der Waals surface area (Å²) in [6.07, 6.45) is -0.365. The quantitative estimate of drug-likeness (QED) is 0.877. The number of amides is 1. The molecule has 0 saturated carbocycles. The Morgan fingerprint density at radius 1 is 1.62 bits per heavy atom. The summed E-state index contributed by atoms with van der Waals surface area (Å²) in [5, 5.41) is 9.25. The Bertz CT molecular complexity index is 407. The van der Waals surface area contributed by atoms with Gasteiger partial charge in [0.1, 0.15) is 0 Å². The molecule has 0 aliphatic heterocycles. The van der Waals surface area contributed by atoms with Crippen LogP contribution < -0.4 is 10.6 Å². The number of nitrogens with two attached hydrogens (primary N) is 1. The SMILES string of the molecule is CN(C(=O)C(N)CC(=O)O)c1ccc(Br)s1. The highest BCUT2D eigenvalue weighted by atomic mass is 79.9. The van der Waals surface area contributed by atoms with E-state index < -0.39 is 17.9 Å². The third-order valence-electron chi connectivity index (χ3n) is 1.93. The molecule has 16 heavy (non-hydrogen) atoms. The van der Waals surface area contributed by atoms with E-state index in [1.807, 2.05) is 6.07 Å². The lowest BCUT2D eigenvalue weighted by molar-refractivity contribution is -0.139. The Hall–Kier alpha value is -0.920. The summed E-state index contributed by atoms with van der Waals surface area (Å²) in [6.45, 7) is 0. The van der Waals surface area contributed by atoms with Gasteiger partial charge in [-0.15, -0.1) is 11.3 Å². The molecule has 0 spiro atoms. The maximum Gasteiger partial charge on any atom is 0.305 e. The standard InChI is InChI=1S/C9H11BrN2O3S/c1-12(7-3-2-6(10)16-7)9(15)5(11)4-8(13)14/h2-3,5H,4,11H2,1H3,(H,13,14). The van der Waals surface area contributed by atoms with Crippen LogP contribution in [0.3, 0.4) is 0 Å². The number of hydrogen-bond acceptors (Lipinski definition) is 4. The maximum absolute atomic E-state index is 11.7. The Labute approximate surface area is 105 Å². The van der Waals surface area contributed by atoms with Gasteiger partial charge in [-0.3, -0.25) is 9.59 Å². The number of halogens is 1. The van der Waals surface area contributed by atoms with Gasteiger partial charge in [-0.05, 0) is 28.1 Å². The minimum absolute atomic E-state index is 0.365. The molecule has 1 unspecified atom stereocenters. The van der Waals surface area contributed by atoms with Gasteiger partial charge in [0, 0.05) is 7.05 Å². The minimum atomic E-state index is -1.08. The summed E-state index contributed by atoms with van der Waals surface area (Å²) in [6, 6.07) is 2.57. The van der Waals surface area contributed by atoms with Crippen molar-refractivity contribution >= 4 is 44.1 Å². The second-order valence-corrected chi connectivity index (χ2v) is 5.62. The van der Waals surface area contributed by atoms with Crippen LogP contribution in [0.2, 0.25) is 0 Å². The first-order valence-electron chi connectivity index (χ1n) is 4.42. The molecular weight excluding hydrogens is 296 g/mol. The van der Waals surface area contributed by atoms with Crippen LogP contribution in [0.15, 0.2) is 15.9 Å². The number of likely N-dealkylation sites (N-methyl/N-ethyl adjacent to an activating group) is 1. The zero-order valence-electron chi connectivity index (χ0n) is 8.51. The average molecular weight is 307 g/mol. The normalized spacial score (nSPS) is 12.2. The molecule has 1 aromatic rings. The second-order valence-electron chi connectivity index (χ2n) is 3.18. The maximum atomic E-state index is 11.7. The van der Waals surface area contributed by atoms with E-state index in [-0.39, 0.29) is 6.42 Å². The first-order chi connectivity index (χ1) is 7.41. The fourth-order valence-corrected chi connectivity index (χ4v) is 2.45. The molecule has 1 atom stereocenters. The number of carboxylic acids is 1. The lowest BCUT2D eigenvalue weighted by Gasteiger charge is -2.18. The molecule has 0 fully saturated rings. The number of nitrogens with zero attached hydrogens (tertiary/aromatic N) is 1. The largest absolute Gasteiger partial charge is 0.481 e. The fourth-order valence-electron chi connectivity index (χ4n) is 1.12. The molecule has 1 heterocycles. The van der Waals surface area contributed by atoms with Gasteiger partial charge in [0.05, 0.1) is 21.3 Å². The van der Waals surface area contributed by atoms with Crippen molar-refractivity contribution in [3.8, 4) is 0 Å². The van der Waals surface area contributed by atoms with Crippen LogP contribution in [-0.2, 0) is 9.59 Å². The first kappa shape index (κ1) is 13.1. The van der Waals surface area contributed by atoms with E-state index in [0.717, 1.165) is 8.79 Å². The Kier molecular flexibility index (Phi) is 4.45. The molecule has 1 amide bonds. The molecule has 0 bridgehead atoms. The second kappa shape index (κ2) is 5.42. The van der Waals surface area contributed by atoms with Crippen molar-refractivity contribution in [2.75, 3.05) is 11.9 Å². The van der Waals surface area contributed by atoms with Crippen molar-refractivity contribution in [1.29, 1.82) is 0 Å². The van der Waals surface area contributed by atoms with Gasteiger partial charge in [-0.2, -0.15) is 0 Å². The molecule has 1 aromatic heterocycles. The number of rotatable bonds is 4. The van der Waals surface area contributed by atoms with Gasteiger partial charge < -0.3 is 15.7 Å². The molecule has 1 rings (SSSR count). The van der Waals surface area contributed by atoms with Crippen LogP contribution in [0, 0.1) is 0 Å². The lowest BCUT2D eigenvalue weighted by Crippen LogP contribution is -2.42. The van der Waals surface area contributed by atoms with Crippen molar-refractivity contribution in [2.45, 2.75) is 12.5 Å². The summed E-state index contributed by atoms with van der Waals surface area (Å²) < 4.78 is 0.897. The van der Waals surface area contributed by atoms with E-state index in [9.17, 15) is 9.59 Å². The number of carbonyl (C=O) groups excluding carboxylic acids is 1. The highest BCUT2D eigenvalue weighted by Crippen LogP contribution is 2.29. The minimum Gasteiger partial charge on any atom is -0.481 e. The van der Waals surface area contributed by atoms with Gasteiger partial charge >= 0.3 is 5.97 Å². The predicted molar refractivity (Wildman–Crippen MR) is 65.7 cm³/mol. The summed E-state index contributed by atoms with van der Waals surface area (Å²) in [5.41, 5.74) is 5.48. The third-order valence-corrected chi connectivity index (χ3v) is 3.63. The lowest BCUT2D eigenvalue weighted by atomic mass is 10.2. The van der Waals surface area contributed by atoms with Crippen LogP contribution in [-0.4, -0.2) is 30.1 Å². The number of carbonyl (C=O) groups is 2. The van der Waals surface area contributed by atoms with Gasteiger partial charge in [0.2, 0.25) is 5.91 Å². The monoisotopic (exact) mass is 306 g/mol. The topological polar surface area (TPSA) is 83.6 Å². The van der Waals surface area contributed by atoms with Gasteiger partial charge in [-0.25, -0.2) is 0 Å². The summed E-state index contributed by atoms with van der Waals surface area (Å²) in [7, 11) is 1.57. The van der Waals surface area contributed by atoms with Crippen LogP contribution in [0.25, 0.3) is 0 Å². The number of thiophene rings is 1. The number of aliphatic carboxylic acids is 1. The van der Waals surface area contributed by atoms with Crippen molar-refractivity contribution in [3.05, 3.63) is 15.9 Å². The highest BCUT2D eigenvalue weighted by Gasteiger charge is 2.22. The summed E-state index contributed by atoms with van der Waals surface area (Å²) in [4.78, 5) is 23.5. The van der Waals surface area contributed by atoms with Crippen molar-refractivity contribution < 1.29 is 14.7 Å². The number of hydrogen-bond donors (Lipinski definition) is 2. The van der Waals surface area contributed by atoms with Crippen molar-refractivity contribution in [2.24, 2.45) is 5.73 Å². The molecule has 0 aliphatic rings. The van der Waals surface area contributed by atoms with Crippen molar-refractivity contribution in [3.63, 3.8) is 0 Å². The van der Waals surface area contributed by atoms with E-state index >= 15 is 0 Å². The average Bonchev–Trinajstić information content (AvgIpc) is 2.61. The fraction of sp³-hybridized carbons (Fsp3) is 0.333. The van der Waals surface area contributed by atoms with E-state index in [4.69, 9.17) is 10.8 Å². The van der Waals surface area contributed by atoms with E-state index in [1.54, 1.807) is 13.1 Å². The molecule has 5 nitrogen and oxygen atoms in total. The smallest absolute Gasteiger partial charge is 0.305 e. The van der Waals surface area contributed by atoms with Crippen LogP contribution in [0.5, 0.6) is 0 Å². The zero-order valence-corrected chi connectivity index (χ0v) is 10.9. The van der Waals surface area contributed by atoms with E-state index in [1.165, 1.54) is 16.2 Å². The Morgan fingerprint density at radius 2 is 2.25 bits per heavy atom. The summed E-state index contributed by atoms with van der Waals surface area (Å²) in [5.74, 6) is -1.49. The molecular formula is C9H11BrN2O3S. The van der Waals surface area contributed by atoms with Gasteiger partial charge in [-0.1, -0.05) is 0 Å². The zero-order chi connectivity index (χ0) is 12.3. The predicted octanol–water partition coefficient (Wildman–Crippen LogP) is 1.28. The van der Waals surface area contributed by atoms with Crippen LogP contribution in [0.4, 0.5) is 5.00 Å². The first-order valence-corrected chi connectivity index (χ1v) is 6.03. The Morgan fingerprint density at radius 3 is 2.69 bits per heavy atom. The molecule has 0 aromatic carbocycles. The van der Waals surface area contributed by atoms with Crippen molar-refractivity contribution in [1.82, 2.24) is 0 Å². The Balaban J connectivity index is 2.70. The highest BCUT2D eigenvalue weighted by molar-refractivity contribution is 9.11. The molecule has 0 saturated heterocycles. The van der Waals surface area contributed by atoms with Crippen LogP contribution >= 0.6 is 27.3 Å². The van der Waals surface area contributed by atoms with Crippen LogP contribution in [0.1, 0.15) is 6.42 Å². The molecule has 7 heteroatoms. The number of carboxylic acid groups (broad SMARTS) is 1. The number of anilines is 1. The summed E-state index contributed by atoms with van der Waals surface area (Å²) >= 11 is 4.66. The van der Waals surface area contributed by atoms with Gasteiger partial charge in [0.15, 0.2) is 0 Å². The molecule has 0 radical (unpaired) electrons. The molecule has 3 N–H and O–H groups in total. The molecule has 0 aliphatic carbocycles.